The molecule has 1 aromatic heterocycles. The van der Waals surface area contributed by atoms with Gasteiger partial charge < -0.3 is 4.90 Å². The predicted molar refractivity (Wildman–Crippen MR) is 111 cm³/mol. The average molecular weight is 374 g/mol. The monoisotopic (exact) mass is 373 g/mol. The minimum Gasteiger partial charge on any atom is -0.302 e. The van der Waals surface area contributed by atoms with Crippen molar-refractivity contribution in [2.24, 2.45) is 5.92 Å². The first kappa shape index (κ1) is 19.3. The lowest BCUT2D eigenvalue weighted by Crippen LogP contribution is -2.42. The fourth-order valence-corrected chi connectivity index (χ4v) is 4.92. The van der Waals surface area contributed by atoms with Crippen molar-refractivity contribution in [3.8, 4) is 0 Å². The van der Waals surface area contributed by atoms with Crippen LogP contribution in [0.1, 0.15) is 51.5 Å². The number of hydrogen-bond donors (Lipinski definition) is 0. The third-order valence-corrected chi connectivity index (χ3v) is 6.64. The number of hydrogen-bond acceptors (Lipinski definition) is 4. The lowest BCUT2D eigenvalue weighted by Gasteiger charge is -2.29. The molecule has 2 aromatic rings. The highest BCUT2D eigenvalue weighted by Gasteiger charge is 2.29. The number of fused-ring (bicyclic) bond motifs is 1. The Hall–Kier alpha value is -1.46. The average Bonchev–Trinajstić information content (AvgIpc) is 3.11. The summed E-state index contributed by atoms with van der Waals surface area (Å²) >= 11 is 1.65. The standard InChI is InChI=1S/C21H31N3OS/c1-4-23(5-2)14-15-24(20(25)17-11-7-6-8-12-17)21-22-19-16(3)10-9-13-18(19)26-21/h9-10,13,17H,4-8,11-12,14-15H2,1-3H3. The Balaban J connectivity index is 1.87. The molecule has 4 nitrogen and oxygen atoms in total. The van der Waals surface area contributed by atoms with E-state index in [1.807, 2.05) is 4.90 Å². The molecule has 0 saturated heterocycles. The van der Waals surface area contributed by atoms with Gasteiger partial charge in [0.2, 0.25) is 5.91 Å². The lowest BCUT2D eigenvalue weighted by molar-refractivity contribution is -0.123. The van der Waals surface area contributed by atoms with Crippen LogP contribution in [0.4, 0.5) is 5.13 Å². The number of para-hydroxylation sites is 1. The number of amides is 1. The van der Waals surface area contributed by atoms with Crippen LogP contribution in [0.2, 0.25) is 0 Å². The molecule has 0 unspecified atom stereocenters. The number of anilines is 1. The molecule has 1 aliphatic carbocycles. The van der Waals surface area contributed by atoms with Gasteiger partial charge in [0.25, 0.3) is 0 Å². The van der Waals surface area contributed by atoms with Crippen LogP contribution in [0, 0.1) is 12.8 Å². The molecule has 26 heavy (non-hydrogen) atoms. The van der Waals surface area contributed by atoms with Crippen molar-refractivity contribution in [1.82, 2.24) is 9.88 Å². The van der Waals surface area contributed by atoms with Crippen molar-refractivity contribution in [3.05, 3.63) is 23.8 Å². The van der Waals surface area contributed by atoms with Crippen molar-refractivity contribution in [2.45, 2.75) is 52.9 Å². The first-order valence-electron chi connectivity index (χ1n) is 10.0. The van der Waals surface area contributed by atoms with E-state index >= 15 is 0 Å². The minimum atomic E-state index is 0.175. The molecule has 1 saturated carbocycles. The summed E-state index contributed by atoms with van der Waals surface area (Å²) in [4.78, 5) is 22.5. The van der Waals surface area contributed by atoms with Crippen LogP contribution in [0.25, 0.3) is 10.2 Å². The Morgan fingerprint density at radius 1 is 1.15 bits per heavy atom. The van der Waals surface area contributed by atoms with E-state index in [-0.39, 0.29) is 11.8 Å². The second-order valence-corrected chi connectivity index (χ2v) is 8.28. The van der Waals surface area contributed by atoms with E-state index in [9.17, 15) is 4.79 Å². The summed E-state index contributed by atoms with van der Waals surface area (Å²) in [5.74, 6) is 0.460. The molecule has 1 heterocycles. The van der Waals surface area contributed by atoms with Gasteiger partial charge in [0.1, 0.15) is 0 Å². The molecule has 1 aliphatic rings. The molecule has 0 N–H and O–H groups in total. The molecule has 1 fully saturated rings. The highest BCUT2D eigenvalue weighted by Crippen LogP contribution is 2.33. The molecule has 142 valence electrons. The Morgan fingerprint density at radius 2 is 1.88 bits per heavy atom. The molecule has 0 bridgehead atoms. The van der Waals surface area contributed by atoms with Gasteiger partial charge in [0.15, 0.2) is 5.13 Å². The number of benzene rings is 1. The summed E-state index contributed by atoms with van der Waals surface area (Å²) in [6.45, 7) is 10.1. The largest absolute Gasteiger partial charge is 0.302 e. The van der Waals surface area contributed by atoms with E-state index in [1.54, 1.807) is 11.3 Å². The van der Waals surface area contributed by atoms with Gasteiger partial charge in [-0.05, 0) is 44.5 Å². The van der Waals surface area contributed by atoms with Gasteiger partial charge in [-0.25, -0.2) is 4.98 Å². The first-order chi connectivity index (χ1) is 12.6. The number of rotatable bonds is 7. The second-order valence-electron chi connectivity index (χ2n) is 7.27. The molecule has 0 spiro atoms. The van der Waals surface area contributed by atoms with Crippen molar-refractivity contribution in [3.63, 3.8) is 0 Å². The quantitative estimate of drug-likeness (QED) is 0.695. The number of aryl methyl sites for hydroxylation is 1. The smallest absolute Gasteiger partial charge is 0.231 e. The molecule has 1 aromatic carbocycles. The zero-order valence-corrected chi connectivity index (χ0v) is 17.1. The van der Waals surface area contributed by atoms with E-state index < -0.39 is 0 Å². The van der Waals surface area contributed by atoms with Crippen molar-refractivity contribution in [1.29, 1.82) is 0 Å². The Labute approximate surface area is 161 Å². The molecule has 1 amide bonds. The summed E-state index contributed by atoms with van der Waals surface area (Å²) < 4.78 is 1.17. The molecule has 0 aliphatic heterocycles. The Bertz CT molecular complexity index is 732. The van der Waals surface area contributed by atoms with E-state index in [1.165, 1.54) is 29.5 Å². The number of nitrogens with zero attached hydrogens (tertiary/aromatic N) is 3. The Kier molecular flexibility index (Phi) is 6.65. The van der Waals surface area contributed by atoms with Gasteiger partial charge in [-0.3, -0.25) is 9.69 Å². The number of aromatic nitrogens is 1. The molecule has 3 rings (SSSR count). The maximum absolute atomic E-state index is 13.3. The van der Waals surface area contributed by atoms with Crippen molar-refractivity contribution < 1.29 is 4.79 Å². The van der Waals surface area contributed by atoms with Gasteiger partial charge >= 0.3 is 0 Å². The fraction of sp³-hybridized carbons (Fsp3) is 0.619. The summed E-state index contributed by atoms with van der Waals surface area (Å²) in [6, 6.07) is 6.27. The minimum absolute atomic E-state index is 0.175. The van der Waals surface area contributed by atoms with Crippen LogP contribution in [-0.2, 0) is 4.79 Å². The van der Waals surface area contributed by atoms with Crippen LogP contribution in [-0.4, -0.2) is 42.0 Å². The summed E-state index contributed by atoms with van der Waals surface area (Å²) in [6.07, 6.45) is 5.69. The molecule has 0 atom stereocenters. The topological polar surface area (TPSA) is 36.4 Å². The third kappa shape index (κ3) is 4.26. The van der Waals surface area contributed by atoms with Gasteiger partial charge in [-0.15, -0.1) is 0 Å². The van der Waals surface area contributed by atoms with E-state index in [0.717, 1.165) is 49.7 Å². The molecular weight excluding hydrogens is 342 g/mol. The van der Waals surface area contributed by atoms with Gasteiger partial charge in [-0.2, -0.15) is 0 Å². The zero-order chi connectivity index (χ0) is 18.5. The second kappa shape index (κ2) is 8.96. The summed E-state index contributed by atoms with van der Waals surface area (Å²) in [7, 11) is 0. The van der Waals surface area contributed by atoms with Crippen LogP contribution in [0.5, 0.6) is 0 Å². The Morgan fingerprint density at radius 3 is 2.54 bits per heavy atom. The fourth-order valence-electron chi connectivity index (χ4n) is 3.84. The van der Waals surface area contributed by atoms with E-state index in [2.05, 4.69) is 43.9 Å². The maximum atomic E-state index is 13.3. The summed E-state index contributed by atoms with van der Waals surface area (Å²) in [5, 5.41) is 0.872. The number of thiazole rings is 1. The third-order valence-electron chi connectivity index (χ3n) is 5.60. The first-order valence-corrected chi connectivity index (χ1v) is 10.9. The maximum Gasteiger partial charge on any atom is 0.231 e. The lowest BCUT2D eigenvalue weighted by atomic mass is 9.88. The van der Waals surface area contributed by atoms with Crippen LogP contribution >= 0.6 is 11.3 Å². The van der Waals surface area contributed by atoms with Crippen LogP contribution < -0.4 is 4.90 Å². The van der Waals surface area contributed by atoms with E-state index in [0.29, 0.717) is 0 Å². The van der Waals surface area contributed by atoms with Gasteiger partial charge in [0.05, 0.1) is 10.2 Å². The number of carbonyl (C=O) groups is 1. The van der Waals surface area contributed by atoms with Crippen LogP contribution in [0.3, 0.4) is 0 Å². The van der Waals surface area contributed by atoms with Gasteiger partial charge in [-0.1, -0.05) is 56.6 Å². The van der Waals surface area contributed by atoms with Crippen LogP contribution in [0.15, 0.2) is 18.2 Å². The highest BCUT2D eigenvalue weighted by molar-refractivity contribution is 7.22. The van der Waals surface area contributed by atoms with Crippen molar-refractivity contribution >= 4 is 32.6 Å². The number of likely N-dealkylation sites (N-methyl/N-ethyl adjacent to an activating group) is 1. The zero-order valence-electron chi connectivity index (χ0n) is 16.3. The number of carbonyl (C=O) groups excluding carboxylic acids is 1. The predicted octanol–water partition coefficient (Wildman–Crippen LogP) is 4.86. The normalized spacial score (nSPS) is 15.7. The molecule has 5 heteroatoms. The SMILES string of the molecule is CCN(CC)CCN(C(=O)C1CCCCC1)c1nc2c(C)cccc2s1. The van der Waals surface area contributed by atoms with Gasteiger partial charge in [0, 0.05) is 19.0 Å². The summed E-state index contributed by atoms with van der Waals surface area (Å²) in [5.41, 5.74) is 2.22. The molecule has 0 radical (unpaired) electrons. The van der Waals surface area contributed by atoms with Crippen molar-refractivity contribution in [2.75, 3.05) is 31.1 Å². The van der Waals surface area contributed by atoms with E-state index in [4.69, 9.17) is 4.98 Å². The highest BCUT2D eigenvalue weighted by atomic mass is 32.1. The molecular formula is C21H31N3OS.